The van der Waals surface area contributed by atoms with Crippen molar-refractivity contribution in [3.8, 4) is 0 Å². The maximum absolute atomic E-state index is 12.1. The summed E-state index contributed by atoms with van der Waals surface area (Å²) in [6, 6.07) is 10.9. The van der Waals surface area contributed by atoms with Crippen molar-refractivity contribution in [2.45, 2.75) is 19.1 Å². The van der Waals surface area contributed by atoms with Crippen LogP contribution in [0.2, 0.25) is 0 Å². The van der Waals surface area contributed by atoms with E-state index in [2.05, 4.69) is 5.32 Å². The first-order valence-corrected chi connectivity index (χ1v) is 11.3. The molecule has 0 atom stereocenters. The van der Waals surface area contributed by atoms with Crippen molar-refractivity contribution >= 4 is 33.4 Å². The smallest absolute Gasteiger partial charge is 0.240 e. The van der Waals surface area contributed by atoms with Crippen LogP contribution in [0.5, 0.6) is 0 Å². The lowest BCUT2D eigenvalue weighted by Crippen LogP contribution is -2.41. The van der Waals surface area contributed by atoms with Gasteiger partial charge in [0.25, 0.3) is 0 Å². The first-order valence-electron chi connectivity index (χ1n) is 8.33. The Morgan fingerprint density at radius 2 is 1.96 bits per heavy atom. The number of hydrogen-bond acceptors (Lipinski definition) is 5. The van der Waals surface area contributed by atoms with Gasteiger partial charge in [-0.2, -0.15) is 11.8 Å². The standard InChI is InChI=1S/C18H24N2O4S2/c1-3-15-6-8-16(9-7-15)20(26(2,22)23)13-18(21)19-10-12-25-14-17-5-4-11-24-17/h4-9,11H,3,10,12-14H2,1-2H3,(H,19,21). The molecule has 1 amide bonds. The van der Waals surface area contributed by atoms with Crippen LogP contribution >= 0.6 is 11.8 Å². The van der Waals surface area contributed by atoms with E-state index >= 15 is 0 Å². The molecule has 1 aromatic carbocycles. The fourth-order valence-corrected chi connectivity index (χ4v) is 3.93. The molecule has 0 saturated carbocycles. The Labute approximate surface area is 159 Å². The van der Waals surface area contributed by atoms with E-state index in [0.717, 1.165) is 39.8 Å². The van der Waals surface area contributed by atoms with Gasteiger partial charge in [0.2, 0.25) is 15.9 Å². The quantitative estimate of drug-likeness (QED) is 0.625. The molecule has 0 unspecified atom stereocenters. The van der Waals surface area contributed by atoms with Gasteiger partial charge in [-0.25, -0.2) is 8.42 Å². The lowest BCUT2D eigenvalue weighted by molar-refractivity contribution is -0.119. The second kappa shape index (κ2) is 9.68. The van der Waals surface area contributed by atoms with Crippen LogP contribution in [0.3, 0.4) is 0 Å². The van der Waals surface area contributed by atoms with Crippen LogP contribution in [-0.4, -0.2) is 39.4 Å². The van der Waals surface area contributed by atoms with Crippen LogP contribution in [0.1, 0.15) is 18.2 Å². The summed E-state index contributed by atoms with van der Waals surface area (Å²) >= 11 is 1.64. The highest BCUT2D eigenvalue weighted by Gasteiger charge is 2.20. The second-order valence-electron chi connectivity index (χ2n) is 5.77. The van der Waals surface area contributed by atoms with Gasteiger partial charge in [0.1, 0.15) is 12.3 Å². The zero-order chi connectivity index (χ0) is 19.0. The van der Waals surface area contributed by atoms with Gasteiger partial charge in [-0.05, 0) is 36.2 Å². The number of aryl methyl sites for hydroxylation is 1. The van der Waals surface area contributed by atoms with Crippen LogP contribution in [0, 0.1) is 0 Å². The van der Waals surface area contributed by atoms with Crippen molar-refractivity contribution < 1.29 is 17.6 Å². The maximum Gasteiger partial charge on any atom is 0.240 e. The lowest BCUT2D eigenvalue weighted by atomic mass is 10.1. The zero-order valence-electron chi connectivity index (χ0n) is 15.0. The second-order valence-corrected chi connectivity index (χ2v) is 8.78. The first kappa shape index (κ1) is 20.4. The minimum atomic E-state index is -3.54. The van der Waals surface area contributed by atoms with Crippen LogP contribution in [0.15, 0.2) is 47.1 Å². The number of nitrogens with one attached hydrogen (secondary N) is 1. The van der Waals surface area contributed by atoms with Gasteiger partial charge >= 0.3 is 0 Å². The van der Waals surface area contributed by atoms with Crippen LogP contribution in [0.25, 0.3) is 0 Å². The SMILES string of the molecule is CCc1ccc(N(CC(=O)NCCSCc2ccco2)S(C)(=O)=O)cc1. The highest BCUT2D eigenvalue weighted by molar-refractivity contribution is 7.98. The average molecular weight is 397 g/mol. The zero-order valence-corrected chi connectivity index (χ0v) is 16.6. The molecule has 2 aromatic rings. The topological polar surface area (TPSA) is 79.6 Å². The third-order valence-electron chi connectivity index (χ3n) is 3.71. The number of carbonyl (C=O) groups excluding carboxylic acids is 1. The summed E-state index contributed by atoms with van der Waals surface area (Å²) in [5.41, 5.74) is 1.60. The summed E-state index contributed by atoms with van der Waals surface area (Å²) in [5.74, 6) is 2.02. The average Bonchev–Trinajstić information content (AvgIpc) is 3.12. The van der Waals surface area contributed by atoms with E-state index < -0.39 is 10.0 Å². The van der Waals surface area contributed by atoms with Crippen molar-refractivity contribution in [1.29, 1.82) is 0 Å². The van der Waals surface area contributed by atoms with E-state index in [9.17, 15) is 13.2 Å². The Balaban J connectivity index is 1.84. The molecule has 142 valence electrons. The third kappa shape index (κ3) is 6.42. The normalized spacial score (nSPS) is 11.3. The molecule has 0 aliphatic rings. The van der Waals surface area contributed by atoms with Crippen molar-refractivity contribution in [2.75, 3.05) is 29.4 Å². The molecule has 1 heterocycles. The molecule has 2 rings (SSSR count). The van der Waals surface area contributed by atoms with E-state index in [4.69, 9.17) is 4.42 Å². The molecule has 0 bridgehead atoms. The van der Waals surface area contributed by atoms with E-state index in [-0.39, 0.29) is 12.5 Å². The number of nitrogens with zero attached hydrogens (tertiary/aromatic N) is 1. The number of sulfonamides is 1. The van der Waals surface area contributed by atoms with Crippen LogP contribution in [-0.2, 0) is 27.0 Å². The van der Waals surface area contributed by atoms with E-state index in [0.29, 0.717) is 12.2 Å². The fraction of sp³-hybridized carbons (Fsp3) is 0.389. The number of carbonyl (C=O) groups is 1. The molecule has 0 fully saturated rings. The molecule has 0 aliphatic carbocycles. The predicted octanol–water partition coefficient (Wildman–Crippen LogP) is 2.66. The molecule has 0 aliphatic heterocycles. The van der Waals surface area contributed by atoms with Gasteiger partial charge in [0.05, 0.1) is 24.0 Å². The number of amides is 1. The van der Waals surface area contributed by atoms with Crippen molar-refractivity contribution in [2.24, 2.45) is 0 Å². The van der Waals surface area contributed by atoms with E-state index in [1.54, 1.807) is 30.2 Å². The molecule has 0 spiro atoms. The van der Waals surface area contributed by atoms with E-state index in [1.807, 2.05) is 31.2 Å². The highest BCUT2D eigenvalue weighted by atomic mass is 32.2. The summed E-state index contributed by atoms with van der Waals surface area (Å²) in [4.78, 5) is 12.1. The minimum absolute atomic E-state index is 0.229. The summed E-state index contributed by atoms with van der Waals surface area (Å²) in [6.07, 6.45) is 3.60. The lowest BCUT2D eigenvalue weighted by Gasteiger charge is -2.22. The molecule has 8 heteroatoms. The number of benzene rings is 1. The van der Waals surface area contributed by atoms with Crippen molar-refractivity contribution in [3.05, 3.63) is 54.0 Å². The molecule has 26 heavy (non-hydrogen) atoms. The minimum Gasteiger partial charge on any atom is -0.468 e. The van der Waals surface area contributed by atoms with Gasteiger partial charge in [0.15, 0.2) is 0 Å². The van der Waals surface area contributed by atoms with Gasteiger partial charge in [-0.3, -0.25) is 9.10 Å². The Morgan fingerprint density at radius 3 is 2.54 bits per heavy atom. The third-order valence-corrected chi connectivity index (χ3v) is 5.84. The summed E-state index contributed by atoms with van der Waals surface area (Å²) in [6.45, 7) is 2.27. The Morgan fingerprint density at radius 1 is 1.23 bits per heavy atom. The predicted molar refractivity (Wildman–Crippen MR) is 106 cm³/mol. The summed E-state index contributed by atoms with van der Waals surface area (Å²) in [7, 11) is -3.54. The molecule has 1 aromatic heterocycles. The Bertz CT molecular complexity index is 787. The molecule has 0 radical (unpaired) electrons. The van der Waals surface area contributed by atoms with Gasteiger partial charge < -0.3 is 9.73 Å². The molecule has 1 N–H and O–H groups in total. The molecule has 0 saturated heterocycles. The van der Waals surface area contributed by atoms with Crippen LogP contribution in [0.4, 0.5) is 5.69 Å². The molecular weight excluding hydrogens is 372 g/mol. The van der Waals surface area contributed by atoms with Crippen molar-refractivity contribution in [1.82, 2.24) is 5.32 Å². The molecule has 6 nitrogen and oxygen atoms in total. The van der Waals surface area contributed by atoms with E-state index in [1.165, 1.54) is 0 Å². The molecular formula is C18H24N2O4S2. The van der Waals surface area contributed by atoms with Crippen molar-refractivity contribution in [3.63, 3.8) is 0 Å². The highest BCUT2D eigenvalue weighted by Crippen LogP contribution is 2.18. The summed E-state index contributed by atoms with van der Waals surface area (Å²) < 4.78 is 30.5. The number of thioether (sulfide) groups is 1. The first-order chi connectivity index (χ1) is 12.4. The Hall–Kier alpha value is -1.93. The number of rotatable bonds is 10. The number of anilines is 1. The van der Waals surface area contributed by atoms with Gasteiger partial charge in [-0.1, -0.05) is 19.1 Å². The maximum atomic E-state index is 12.1. The van der Waals surface area contributed by atoms with Crippen LogP contribution < -0.4 is 9.62 Å². The van der Waals surface area contributed by atoms with Gasteiger partial charge in [0, 0.05) is 12.3 Å². The van der Waals surface area contributed by atoms with Gasteiger partial charge in [-0.15, -0.1) is 0 Å². The Kier molecular flexibility index (Phi) is 7.59. The number of hydrogen-bond donors (Lipinski definition) is 1. The monoisotopic (exact) mass is 396 g/mol. The largest absolute Gasteiger partial charge is 0.468 e. The fourth-order valence-electron chi connectivity index (χ4n) is 2.31. The number of furan rings is 1. The summed E-state index contributed by atoms with van der Waals surface area (Å²) in [5, 5.41) is 2.76.